The molecule has 1 aromatic heterocycles. The Morgan fingerprint density at radius 2 is 1.59 bits per heavy atom. The van der Waals surface area contributed by atoms with Crippen LogP contribution in [-0.2, 0) is 17.9 Å². The van der Waals surface area contributed by atoms with Crippen molar-refractivity contribution < 1.29 is 9.53 Å². The molecule has 4 rings (SSSR count). The first kappa shape index (κ1) is 18.7. The van der Waals surface area contributed by atoms with E-state index >= 15 is 0 Å². The Morgan fingerprint density at radius 1 is 0.931 bits per heavy atom. The van der Waals surface area contributed by atoms with Gasteiger partial charge < -0.3 is 14.6 Å². The molecule has 0 unspecified atom stereocenters. The van der Waals surface area contributed by atoms with E-state index < -0.39 is 0 Å². The molecule has 5 heteroatoms. The summed E-state index contributed by atoms with van der Waals surface area (Å²) in [7, 11) is 0. The van der Waals surface area contributed by atoms with E-state index in [-0.39, 0.29) is 19.1 Å². The van der Waals surface area contributed by atoms with Gasteiger partial charge in [-0.05, 0) is 50.2 Å². The number of anilines is 1. The summed E-state index contributed by atoms with van der Waals surface area (Å²) in [5.41, 5.74) is 4.87. The zero-order chi connectivity index (χ0) is 20.2. The van der Waals surface area contributed by atoms with Crippen LogP contribution in [0.5, 0.6) is 5.75 Å². The minimum atomic E-state index is -0.103. The van der Waals surface area contributed by atoms with Gasteiger partial charge in [0.25, 0.3) is 0 Å². The van der Waals surface area contributed by atoms with Gasteiger partial charge in [0.15, 0.2) is 0 Å². The molecule has 0 radical (unpaired) electrons. The molecule has 1 heterocycles. The first-order chi connectivity index (χ1) is 14.1. The van der Waals surface area contributed by atoms with Gasteiger partial charge >= 0.3 is 0 Å². The minimum absolute atomic E-state index is 0.103. The number of aromatic nitrogens is 2. The number of nitrogens with zero attached hydrogens (tertiary/aromatic N) is 2. The number of carbonyl (C=O) groups is 1. The SMILES string of the molecule is Cc1ccc(NC(=O)Cn2c(COc3ccc(C)cc3)nc3ccccc32)cc1. The van der Waals surface area contributed by atoms with Gasteiger partial charge in [-0.15, -0.1) is 0 Å². The van der Waals surface area contributed by atoms with E-state index in [9.17, 15) is 4.79 Å². The number of ether oxygens (including phenoxy) is 1. The molecule has 0 saturated carbocycles. The molecule has 1 N–H and O–H groups in total. The van der Waals surface area contributed by atoms with Crippen molar-refractivity contribution in [2.75, 3.05) is 5.32 Å². The number of imidazole rings is 1. The molecule has 0 fully saturated rings. The third kappa shape index (κ3) is 4.46. The highest BCUT2D eigenvalue weighted by molar-refractivity contribution is 5.91. The second-order valence-electron chi connectivity index (χ2n) is 7.12. The maximum atomic E-state index is 12.7. The van der Waals surface area contributed by atoms with Crippen molar-refractivity contribution >= 4 is 22.6 Å². The van der Waals surface area contributed by atoms with Crippen molar-refractivity contribution in [1.82, 2.24) is 9.55 Å². The van der Waals surface area contributed by atoms with Gasteiger partial charge in [-0.3, -0.25) is 4.79 Å². The summed E-state index contributed by atoms with van der Waals surface area (Å²) in [6, 6.07) is 23.4. The third-order valence-electron chi connectivity index (χ3n) is 4.76. The molecule has 0 atom stereocenters. The third-order valence-corrected chi connectivity index (χ3v) is 4.76. The van der Waals surface area contributed by atoms with Gasteiger partial charge in [-0.25, -0.2) is 4.98 Å². The van der Waals surface area contributed by atoms with Gasteiger partial charge in [0.05, 0.1) is 11.0 Å². The maximum absolute atomic E-state index is 12.7. The van der Waals surface area contributed by atoms with Crippen LogP contribution in [0.4, 0.5) is 5.69 Å². The fraction of sp³-hybridized carbons (Fsp3) is 0.167. The van der Waals surface area contributed by atoms with E-state index in [0.717, 1.165) is 28.0 Å². The van der Waals surface area contributed by atoms with Crippen LogP contribution < -0.4 is 10.1 Å². The van der Waals surface area contributed by atoms with Crippen LogP contribution >= 0.6 is 0 Å². The molecule has 0 saturated heterocycles. The first-order valence-electron chi connectivity index (χ1n) is 9.58. The van der Waals surface area contributed by atoms with E-state index in [1.165, 1.54) is 5.56 Å². The highest BCUT2D eigenvalue weighted by Gasteiger charge is 2.14. The van der Waals surface area contributed by atoms with Gasteiger partial charge in [0.1, 0.15) is 24.7 Å². The molecule has 0 aliphatic rings. The van der Waals surface area contributed by atoms with Crippen LogP contribution in [-0.4, -0.2) is 15.5 Å². The zero-order valence-electron chi connectivity index (χ0n) is 16.6. The summed E-state index contributed by atoms with van der Waals surface area (Å²) in [6.45, 7) is 4.51. The van der Waals surface area contributed by atoms with E-state index in [1.807, 2.05) is 91.2 Å². The summed E-state index contributed by atoms with van der Waals surface area (Å²) in [5.74, 6) is 1.39. The number of rotatable bonds is 6. The lowest BCUT2D eigenvalue weighted by atomic mass is 10.2. The predicted molar refractivity (Wildman–Crippen MR) is 115 cm³/mol. The van der Waals surface area contributed by atoms with Gasteiger partial charge in [-0.2, -0.15) is 0 Å². The Kier molecular flexibility index (Phi) is 5.29. The molecule has 0 aliphatic carbocycles. The maximum Gasteiger partial charge on any atom is 0.244 e. The monoisotopic (exact) mass is 385 g/mol. The Labute approximate surface area is 170 Å². The topological polar surface area (TPSA) is 56.2 Å². The van der Waals surface area contributed by atoms with Gasteiger partial charge in [-0.1, -0.05) is 47.5 Å². The van der Waals surface area contributed by atoms with E-state index in [2.05, 4.69) is 10.3 Å². The van der Waals surface area contributed by atoms with E-state index in [4.69, 9.17) is 4.74 Å². The normalized spacial score (nSPS) is 10.8. The molecule has 5 nitrogen and oxygen atoms in total. The summed E-state index contributed by atoms with van der Waals surface area (Å²) in [5, 5.41) is 2.95. The number of hydrogen-bond acceptors (Lipinski definition) is 3. The molecule has 29 heavy (non-hydrogen) atoms. The molecule has 3 aromatic carbocycles. The molecular weight excluding hydrogens is 362 g/mol. The van der Waals surface area contributed by atoms with Crippen LogP contribution in [0.25, 0.3) is 11.0 Å². The number of carbonyl (C=O) groups excluding carboxylic acids is 1. The molecule has 0 aliphatic heterocycles. The lowest BCUT2D eigenvalue weighted by molar-refractivity contribution is -0.116. The Bertz CT molecular complexity index is 1130. The summed E-state index contributed by atoms with van der Waals surface area (Å²) in [6.07, 6.45) is 0. The van der Waals surface area contributed by atoms with Crippen molar-refractivity contribution in [3.63, 3.8) is 0 Å². The molecule has 0 spiro atoms. The summed E-state index contributed by atoms with van der Waals surface area (Å²) < 4.78 is 7.83. The standard InChI is InChI=1S/C24H23N3O2/c1-17-7-11-19(12-8-17)25-24(28)15-27-22-6-4-3-5-21(22)26-23(27)16-29-20-13-9-18(2)10-14-20/h3-14H,15-16H2,1-2H3,(H,25,28). The molecule has 0 bridgehead atoms. The predicted octanol–water partition coefficient (Wildman–Crippen LogP) is 4.87. The molecule has 146 valence electrons. The number of fused-ring (bicyclic) bond motifs is 1. The number of aryl methyl sites for hydroxylation is 2. The highest BCUT2D eigenvalue weighted by Crippen LogP contribution is 2.19. The number of amides is 1. The minimum Gasteiger partial charge on any atom is -0.486 e. The summed E-state index contributed by atoms with van der Waals surface area (Å²) >= 11 is 0. The van der Waals surface area contributed by atoms with Gasteiger partial charge in [0.2, 0.25) is 5.91 Å². The van der Waals surface area contributed by atoms with Crippen LogP contribution in [0.1, 0.15) is 17.0 Å². The Morgan fingerprint density at radius 3 is 2.31 bits per heavy atom. The number of hydrogen-bond donors (Lipinski definition) is 1. The number of benzene rings is 3. The van der Waals surface area contributed by atoms with Gasteiger partial charge in [0, 0.05) is 5.69 Å². The van der Waals surface area contributed by atoms with E-state index in [0.29, 0.717) is 5.82 Å². The average molecular weight is 385 g/mol. The lowest BCUT2D eigenvalue weighted by Crippen LogP contribution is -2.20. The Balaban J connectivity index is 1.55. The van der Waals surface area contributed by atoms with Crippen LogP contribution in [0.2, 0.25) is 0 Å². The number of nitrogens with one attached hydrogen (secondary N) is 1. The Hall–Kier alpha value is -3.60. The smallest absolute Gasteiger partial charge is 0.244 e. The molecule has 4 aromatic rings. The van der Waals surface area contributed by atoms with Crippen molar-refractivity contribution in [2.24, 2.45) is 0 Å². The van der Waals surface area contributed by atoms with Crippen LogP contribution in [0, 0.1) is 13.8 Å². The quantitative estimate of drug-likeness (QED) is 0.515. The largest absolute Gasteiger partial charge is 0.486 e. The fourth-order valence-electron chi connectivity index (χ4n) is 3.18. The van der Waals surface area contributed by atoms with Crippen LogP contribution in [0.15, 0.2) is 72.8 Å². The van der Waals surface area contributed by atoms with Crippen molar-refractivity contribution in [3.05, 3.63) is 89.7 Å². The van der Waals surface area contributed by atoms with E-state index in [1.54, 1.807) is 0 Å². The zero-order valence-corrected chi connectivity index (χ0v) is 16.6. The fourth-order valence-corrected chi connectivity index (χ4v) is 3.18. The van der Waals surface area contributed by atoms with Crippen molar-refractivity contribution in [3.8, 4) is 5.75 Å². The number of para-hydroxylation sites is 2. The molecular formula is C24H23N3O2. The lowest BCUT2D eigenvalue weighted by Gasteiger charge is -2.11. The second kappa shape index (κ2) is 8.19. The first-order valence-corrected chi connectivity index (χ1v) is 9.58. The second-order valence-corrected chi connectivity index (χ2v) is 7.12. The molecule has 1 amide bonds. The van der Waals surface area contributed by atoms with Crippen LogP contribution in [0.3, 0.4) is 0 Å². The highest BCUT2D eigenvalue weighted by atomic mass is 16.5. The van der Waals surface area contributed by atoms with Crippen molar-refractivity contribution in [1.29, 1.82) is 0 Å². The summed E-state index contributed by atoms with van der Waals surface area (Å²) in [4.78, 5) is 17.3. The van der Waals surface area contributed by atoms with Crippen molar-refractivity contribution in [2.45, 2.75) is 27.0 Å². The average Bonchev–Trinajstić information content (AvgIpc) is 3.07.